The summed E-state index contributed by atoms with van der Waals surface area (Å²) in [6.45, 7) is 2.71. The number of Topliss-reactive ketones (excluding diaryl/α,β-unsaturated/α-hetero) is 1. The van der Waals surface area contributed by atoms with Crippen molar-refractivity contribution in [2.75, 3.05) is 0 Å². The highest BCUT2D eigenvalue weighted by molar-refractivity contribution is 6.05. The first-order chi connectivity index (χ1) is 8.25. The molecule has 1 heterocycles. The third-order valence-electron chi connectivity index (χ3n) is 3.85. The Balaban J connectivity index is 2.08. The number of benzene rings is 1. The summed E-state index contributed by atoms with van der Waals surface area (Å²) in [4.78, 5) is 11.7. The van der Waals surface area contributed by atoms with E-state index in [1.54, 1.807) is 6.92 Å². The van der Waals surface area contributed by atoms with Gasteiger partial charge in [0.15, 0.2) is 5.78 Å². The van der Waals surface area contributed by atoms with E-state index in [-0.39, 0.29) is 5.78 Å². The molecular weight excluding hydrogens is 210 g/mol. The SMILES string of the molecule is CC(=O)c1cccc2ccn(CC3CCC3)c12. The minimum absolute atomic E-state index is 0.157. The van der Waals surface area contributed by atoms with Crippen molar-refractivity contribution >= 4 is 16.7 Å². The monoisotopic (exact) mass is 227 g/mol. The van der Waals surface area contributed by atoms with E-state index in [1.807, 2.05) is 12.1 Å². The molecule has 0 amide bonds. The Morgan fingerprint density at radius 1 is 1.35 bits per heavy atom. The first-order valence-electron chi connectivity index (χ1n) is 6.34. The molecule has 0 atom stereocenters. The summed E-state index contributed by atoms with van der Waals surface area (Å²) >= 11 is 0. The van der Waals surface area contributed by atoms with Gasteiger partial charge in [-0.3, -0.25) is 4.79 Å². The molecule has 2 nitrogen and oxygen atoms in total. The Bertz CT molecular complexity index is 563. The fourth-order valence-corrected chi connectivity index (χ4v) is 2.65. The van der Waals surface area contributed by atoms with Gasteiger partial charge in [0.05, 0.1) is 5.52 Å². The van der Waals surface area contributed by atoms with Gasteiger partial charge in [0.1, 0.15) is 0 Å². The van der Waals surface area contributed by atoms with Gasteiger partial charge in [0, 0.05) is 23.7 Å². The number of nitrogens with zero attached hydrogens (tertiary/aromatic N) is 1. The van der Waals surface area contributed by atoms with Crippen molar-refractivity contribution in [3.63, 3.8) is 0 Å². The van der Waals surface area contributed by atoms with E-state index in [9.17, 15) is 4.79 Å². The lowest BCUT2D eigenvalue weighted by atomic mass is 9.85. The van der Waals surface area contributed by atoms with Crippen molar-refractivity contribution in [2.45, 2.75) is 32.7 Å². The van der Waals surface area contributed by atoms with Crippen LogP contribution in [-0.2, 0) is 6.54 Å². The lowest BCUT2D eigenvalue weighted by Gasteiger charge is -2.26. The summed E-state index contributed by atoms with van der Waals surface area (Å²) < 4.78 is 2.26. The van der Waals surface area contributed by atoms with Crippen molar-refractivity contribution in [3.8, 4) is 0 Å². The third kappa shape index (κ3) is 1.78. The fourth-order valence-electron chi connectivity index (χ4n) is 2.65. The van der Waals surface area contributed by atoms with Crippen LogP contribution in [0.25, 0.3) is 10.9 Å². The maximum Gasteiger partial charge on any atom is 0.161 e. The van der Waals surface area contributed by atoms with Crippen LogP contribution in [0, 0.1) is 5.92 Å². The van der Waals surface area contributed by atoms with E-state index >= 15 is 0 Å². The number of fused-ring (bicyclic) bond motifs is 1. The fraction of sp³-hybridized carbons (Fsp3) is 0.400. The average Bonchev–Trinajstić information content (AvgIpc) is 2.66. The Morgan fingerprint density at radius 3 is 2.82 bits per heavy atom. The number of hydrogen-bond donors (Lipinski definition) is 0. The molecule has 2 heteroatoms. The summed E-state index contributed by atoms with van der Waals surface area (Å²) in [5, 5.41) is 1.18. The molecule has 0 unspecified atom stereocenters. The summed E-state index contributed by atoms with van der Waals surface area (Å²) in [6.07, 6.45) is 6.16. The molecule has 0 saturated heterocycles. The second-order valence-electron chi connectivity index (χ2n) is 5.06. The number of para-hydroxylation sites is 1. The van der Waals surface area contributed by atoms with Crippen LogP contribution in [0.1, 0.15) is 36.5 Å². The summed E-state index contributed by atoms with van der Waals surface area (Å²) in [6, 6.07) is 8.09. The maximum absolute atomic E-state index is 11.7. The average molecular weight is 227 g/mol. The van der Waals surface area contributed by atoms with Crippen LogP contribution < -0.4 is 0 Å². The van der Waals surface area contributed by atoms with E-state index in [0.29, 0.717) is 0 Å². The van der Waals surface area contributed by atoms with Crippen LogP contribution in [-0.4, -0.2) is 10.4 Å². The van der Waals surface area contributed by atoms with Crippen molar-refractivity contribution in [1.29, 1.82) is 0 Å². The number of carbonyl (C=O) groups is 1. The van der Waals surface area contributed by atoms with Gasteiger partial charge in [0.2, 0.25) is 0 Å². The van der Waals surface area contributed by atoms with Crippen LogP contribution in [0.15, 0.2) is 30.5 Å². The van der Waals surface area contributed by atoms with E-state index in [1.165, 1.54) is 24.6 Å². The van der Waals surface area contributed by atoms with Gasteiger partial charge >= 0.3 is 0 Å². The zero-order chi connectivity index (χ0) is 11.8. The van der Waals surface area contributed by atoms with Crippen LogP contribution in [0.2, 0.25) is 0 Å². The number of aromatic nitrogens is 1. The number of carbonyl (C=O) groups excluding carboxylic acids is 1. The quantitative estimate of drug-likeness (QED) is 0.734. The Morgan fingerprint density at radius 2 is 2.18 bits per heavy atom. The lowest BCUT2D eigenvalue weighted by Crippen LogP contribution is -2.17. The van der Waals surface area contributed by atoms with Gasteiger partial charge in [-0.25, -0.2) is 0 Å². The second kappa shape index (κ2) is 4.02. The van der Waals surface area contributed by atoms with E-state index < -0.39 is 0 Å². The lowest BCUT2D eigenvalue weighted by molar-refractivity contribution is 0.101. The van der Waals surface area contributed by atoms with Crippen LogP contribution >= 0.6 is 0 Å². The maximum atomic E-state index is 11.7. The number of ketones is 1. The van der Waals surface area contributed by atoms with Crippen LogP contribution in [0.4, 0.5) is 0 Å². The van der Waals surface area contributed by atoms with Crippen LogP contribution in [0.5, 0.6) is 0 Å². The van der Waals surface area contributed by atoms with Gasteiger partial charge in [-0.15, -0.1) is 0 Å². The molecular formula is C15H17NO. The zero-order valence-corrected chi connectivity index (χ0v) is 10.1. The van der Waals surface area contributed by atoms with Gasteiger partial charge in [-0.2, -0.15) is 0 Å². The molecule has 3 rings (SSSR count). The standard InChI is InChI=1S/C15H17NO/c1-11(17)14-7-3-6-13-8-9-16(15(13)14)10-12-4-2-5-12/h3,6-9,12H,2,4-5,10H2,1H3. The van der Waals surface area contributed by atoms with Crippen molar-refractivity contribution in [1.82, 2.24) is 4.57 Å². The van der Waals surface area contributed by atoms with Gasteiger partial charge in [-0.05, 0) is 37.8 Å². The Hall–Kier alpha value is -1.57. The largest absolute Gasteiger partial charge is 0.347 e. The first kappa shape index (κ1) is 10.6. The smallest absolute Gasteiger partial charge is 0.161 e. The number of rotatable bonds is 3. The normalized spacial score (nSPS) is 16.1. The van der Waals surface area contributed by atoms with Gasteiger partial charge in [-0.1, -0.05) is 18.6 Å². The van der Waals surface area contributed by atoms with Crippen LogP contribution in [0.3, 0.4) is 0 Å². The van der Waals surface area contributed by atoms with E-state index in [4.69, 9.17) is 0 Å². The second-order valence-corrected chi connectivity index (χ2v) is 5.06. The highest BCUT2D eigenvalue weighted by Crippen LogP contribution is 2.30. The molecule has 0 bridgehead atoms. The predicted molar refractivity (Wildman–Crippen MR) is 69.3 cm³/mol. The topological polar surface area (TPSA) is 22.0 Å². The molecule has 0 spiro atoms. The molecule has 1 fully saturated rings. The molecule has 0 radical (unpaired) electrons. The molecule has 1 aromatic heterocycles. The zero-order valence-electron chi connectivity index (χ0n) is 10.1. The minimum Gasteiger partial charge on any atom is -0.347 e. The highest BCUT2D eigenvalue weighted by Gasteiger charge is 2.19. The predicted octanol–water partition coefficient (Wildman–Crippen LogP) is 3.64. The third-order valence-corrected chi connectivity index (χ3v) is 3.85. The Labute approximate surface area is 101 Å². The molecule has 0 aliphatic heterocycles. The van der Waals surface area contributed by atoms with Crippen molar-refractivity contribution < 1.29 is 4.79 Å². The molecule has 1 aromatic carbocycles. The summed E-state index contributed by atoms with van der Waals surface area (Å²) in [5.41, 5.74) is 1.97. The van der Waals surface area contributed by atoms with Gasteiger partial charge in [0.25, 0.3) is 0 Å². The van der Waals surface area contributed by atoms with Crippen molar-refractivity contribution in [2.24, 2.45) is 5.92 Å². The summed E-state index contributed by atoms with van der Waals surface area (Å²) in [7, 11) is 0. The summed E-state index contributed by atoms with van der Waals surface area (Å²) in [5.74, 6) is 0.967. The number of hydrogen-bond acceptors (Lipinski definition) is 1. The van der Waals surface area contributed by atoms with E-state index in [2.05, 4.69) is 22.9 Å². The van der Waals surface area contributed by atoms with Crippen molar-refractivity contribution in [3.05, 3.63) is 36.0 Å². The molecule has 0 N–H and O–H groups in total. The molecule has 88 valence electrons. The molecule has 17 heavy (non-hydrogen) atoms. The van der Waals surface area contributed by atoms with E-state index in [0.717, 1.165) is 23.5 Å². The highest BCUT2D eigenvalue weighted by atomic mass is 16.1. The first-order valence-corrected chi connectivity index (χ1v) is 6.34. The Kier molecular flexibility index (Phi) is 2.50. The molecule has 1 aliphatic rings. The van der Waals surface area contributed by atoms with Gasteiger partial charge < -0.3 is 4.57 Å². The minimum atomic E-state index is 0.157. The molecule has 2 aromatic rings. The molecule has 1 saturated carbocycles. The molecule has 1 aliphatic carbocycles.